The summed E-state index contributed by atoms with van der Waals surface area (Å²) < 4.78 is 7.17. The molecule has 0 radical (unpaired) electrons. The van der Waals surface area contributed by atoms with E-state index in [-0.39, 0.29) is 5.91 Å². The molecule has 0 spiro atoms. The maximum absolute atomic E-state index is 13.0. The highest BCUT2D eigenvalue weighted by Gasteiger charge is 2.24. The molecule has 0 atom stereocenters. The van der Waals surface area contributed by atoms with Crippen LogP contribution in [-0.4, -0.2) is 43.0 Å². The number of aromatic nitrogens is 1. The van der Waals surface area contributed by atoms with Gasteiger partial charge in [0.1, 0.15) is 0 Å². The molecule has 0 N–H and O–H groups in total. The second-order valence-electron chi connectivity index (χ2n) is 6.59. The van der Waals surface area contributed by atoms with Gasteiger partial charge in [-0.25, -0.2) is 4.98 Å². The summed E-state index contributed by atoms with van der Waals surface area (Å²) in [5, 5.41) is 0.716. The molecule has 1 aromatic carbocycles. The van der Waals surface area contributed by atoms with Crippen LogP contribution in [0.3, 0.4) is 0 Å². The lowest BCUT2D eigenvalue weighted by molar-refractivity contribution is 0.0958. The Hall–Kier alpha value is -1.70. The highest BCUT2D eigenvalue weighted by Crippen LogP contribution is 2.34. The van der Waals surface area contributed by atoms with Gasteiger partial charge in [0.15, 0.2) is 15.6 Å². The van der Waals surface area contributed by atoms with Gasteiger partial charge in [-0.1, -0.05) is 23.5 Å². The number of carbonyl (C=O) groups is 1. The maximum atomic E-state index is 13.0. The quantitative estimate of drug-likeness (QED) is 0.554. The van der Waals surface area contributed by atoms with E-state index in [4.69, 9.17) is 9.40 Å². The van der Waals surface area contributed by atoms with Gasteiger partial charge >= 0.3 is 0 Å². The smallest absolute Gasteiger partial charge is 0.295 e. The molecule has 3 aromatic rings. The second-order valence-corrected chi connectivity index (χ2v) is 8.35. The number of carbonyl (C=O) groups excluding carboxylic acids is 1. The fourth-order valence-electron chi connectivity index (χ4n) is 2.75. The number of hydrogen-bond donors (Lipinski definition) is 0. The Kier molecular flexibility index (Phi) is 5.79. The SMILES string of the molecule is Cc1ccc(C)c2sc(N(CCCN(C)C)C(=O)c3ccc(Br)o3)nc12. The highest BCUT2D eigenvalue weighted by molar-refractivity contribution is 9.10. The van der Waals surface area contributed by atoms with Gasteiger partial charge in [-0.3, -0.25) is 9.69 Å². The molecular weight excluding hydrogens is 414 g/mol. The molecular formula is C19H22BrN3O2S. The summed E-state index contributed by atoms with van der Waals surface area (Å²) in [4.78, 5) is 21.7. The topological polar surface area (TPSA) is 49.6 Å². The molecule has 2 aromatic heterocycles. The molecule has 0 aliphatic carbocycles. The zero-order chi connectivity index (χ0) is 18.8. The van der Waals surface area contributed by atoms with Crippen LogP contribution in [0.2, 0.25) is 0 Å². The Morgan fingerprint density at radius 2 is 1.88 bits per heavy atom. The lowest BCUT2D eigenvalue weighted by Gasteiger charge is -2.19. The standard InChI is InChI=1S/C19H22BrN3O2S/c1-12-6-7-13(2)17-16(12)21-19(26-17)23(11-5-10-22(3)4)18(24)14-8-9-15(20)25-14/h6-9H,5,10-11H2,1-4H3. The van der Waals surface area contributed by atoms with Gasteiger partial charge in [0, 0.05) is 6.54 Å². The van der Waals surface area contributed by atoms with Crippen molar-refractivity contribution in [3.63, 3.8) is 0 Å². The van der Waals surface area contributed by atoms with E-state index in [0.717, 1.165) is 28.7 Å². The van der Waals surface area contributed by atoms with Crippen LogP contribution in [0.25, 0.3) is 10.2 Å². The average Bonchev–Trinajstić information content (AvgIpc) is 3.21. The maximum Gasteiger partial charge on any atom is 0.295 e. The van der Waals surface area contributed by atoms with Gasteiger partial charge in [0.25, 0.3) is 5.91 Å². The number of fused-ring (bicyclic) bond motifs is 1. The van der Waals surface area contributed by atoms with Crippen LogP contribution >= 0.6 is 27.3 Å². The molecule has 0 saturated carbocycles. The summed E-state index contributed by atoms with van der Waals surface area (Å²) in [6.45, 7) is 5.61. The van der Waals surface area contributed by atoms with Crippen molar-refractivity contribution >= 4 is 48.5 Å². The van der Waals surface area contributed by atoms with E-state index < -0.39 is 0 Å². The van der Waals surface area contributed by atoms with Crippen molar-refractivity contribution in [3.05, 3.63) is 45.8 Å². The summed E-state index contributed by atoms with van der Waals surface area (Å²) in [5.74, 6) is 0.151. The molecule has 0 aliphatic heterocycles. The summed E-state index contributed by atoms with van der Waals surface area (Å²) in [5.41, 5.74) is 3.27. The minimum atomic E-state index is -0.163. The van der Waals surface area contributed by atoms with Crippen molar-refractivity contribution < 1.29 is 9.21 Å². The summed E-state index contributed by atoms with van der Waals surface area (Å²) >= 11 is 4.83. The number of furan rings is 1. The molecule has 0 aliphatic rings. The molecule has 0 unspecified atom stereocenters. The Balaban J connectivity index is 1.98. The predicted molar refractivity (Wildman–Crippen MR) is 110 cm³/mol. The lowest BCUT2D eigenvalue weighted by Crippen LogP contribution is -2.33. The fourth-order valence-corrected chi connectivity index (χ4v) is 4.20. The van der Waals surface area contributed by atoms with Crippen molar-refractivity contribution in [1.82, 2.24) is 9.88 Å². The van der Waals surface area contributed by atoms with Crippen LogP contribution in [0.4, 0.5) is 5.13 Å². The van der Waals surface area contributed by atoms with Crippen molar-refractivity contribution in [1.29, 1.82) is 0 Å². The fraction of sp³-hybridized carbons (Fsp3) is 0.368. The first-order chi connectivity index (χ1) is 12.4. The molecule has 1 amide bonds. The molecule has 0 saturated heterocycles. The monoisotopic (exact) mass is 435 g/mol. The van der Waals surface area contributed by atoms with E-state index in [1.807, 2.05) is 21.0 Å². The molecule has 0 fully saturated rings. The molecule has 7 heteroatoms. The zero-order valence-electron chi connectivity index (χ0n) is 15.4. The molecule has 138 valence electrons. The molecule has 0 bridgehead atoms. The van der Waals surface area contributed by atoms with Gasteiger partial charge in [0.05, 0.1) is 10.2 Å². The number of amides is 1. The van der Waals surface area contributed by atoms with Crippen molar-refractivity contribution in [3.8, 4) is 0 Å². The van der Waals surface area contributed by atoms with Crippen LogP contribution in [0.1, 0.15) is 28.1 Å². The van der Waals surface area contributed by atoms with Crippen LogP contribution in [-0.2, 0) is 0 Å². The van der Waals surface area contributed by atoms with Crippen LogP contribution in [0, 0.1) is 13.8 Å². The zero-order valence-corrected chi connectivity index (χ0v) is 17.8. The number of halogens is 1. The Morgan fingerprint density at radius 3 is 2.50 bits per heavy atom. The van der Waals surface area contributed by atoms with E-state index in [1.165, 1.54) is 5.56 Å². The van der Waals surface area contributed by atoms with E-state index in [0.29, 0.717) is 22.1 Å². The first kappa shape index (κ1) is 19.1. The van der Waals surface area contributed by atoms with Gasteiger partial charge in [-0.05, 0) is 80.1 Å². The number of nitrogens with zero attached hydrogens (tertiary/aromatic N) is 3. The summed E-state index contributed by atoms with van der Waals surface area (Å²) in [6, 6.07) is 7.59. The van der Waals surface area contributed by atoms with Gasteiger partial charge in [-0.15, -0.1) is 0 Å². The van der Waals surface area contributed by atoms with Gasteiger partial charge in [-0.2, -0.15) is 0 Å². The number of rotatable bonds is 6. The van der Waals surface area contributed by atoms with E-state index in [9.17, 15) is 4.79 Å². The number of hydrogen-bond acceptors (Lipinski definition) is 5. The Bertz CT molecular complexity index is 893. The molecule has 3 rings (SSSR count). The minimum absolute atomic E-state index is 0.163. The number of thiazole rings is 1. The molecule has 5 nitrogen and oxygen atoms in total. The normalized spacial score (nSPS) is 11.5. The van der Waals surface area contributed by atoms with Gasteiger partial charge in [0.2, 0.25) is 0 Å². The van der Waals surface area contributed by atoms with Crippen LogP contribution in [0.5, 0.6) is 0 Å². The Labute approximate surface area is 165 Å². The van der Waals surface area contributed by atoms with Crippen molar-refractivity contribution in [2.75, 3.05) is 32.1 Å². The third-order valence-electron chi connectivity index (χ3n) is 4.18. The minimum Gasteiger partial charge on any atom is -0.444 e. The van der Waals surface area contributed by atoms with Gasteiger partial charge < -0.3 is 9.32 Å². The highest BCUT2D eigenvalue weighted by atomic mass is 79.9. The largest absolute Gasteiger partial charge is 0.444 e. The number of benzene rings is 1. The first-order valence-corrected chi connectivity index (χ1v) is 10.1. The average molecular weight is 436 g/mol. The van der Waals surface area contributed by atoms with Crippen molar-refractivity contribution in [2.24, 2.45) is 0 Å². The van der Waals surface area contributed by atoms with E-state index >= 15 is 0 Å². The third kappa shape index (κ3) is 4.00. The predicted octanol–water partition coefficient (Wildman–Crippen LogP) is 4.87. The third-order valence-corrected chi connectivity index (χ3v) is 5.82. The van der Waals surface area contributed by atoms with E-state index in [2.05, 4.69) is 39.9 Å². The number of aryl methyl sites for hydroxylation is 2. The lowest BCUT2D eigenvalue weighted by atomic mass is 10.1. The Morgan fingerprint density at radius 1 is 1.15 bits per heavy atom. The first-order valence-electron chi connectivity index (χ1n) is 8.45. The van der Waals surface area contributed by atoms with E-state index in [1.54, 1.807) is 28.4 Å². The molecule has 26 heavy (non-hydrogen) atoms. The van der Waals surface area contributed by atoms with Crippen LogP contribution < -0.4 is 4.90 Å². The summed E-state index contributed by atoms with van der Waals surface area (Å²) in [6.07, 6.45) is 0.856. The second kappa shape index (κ2) is 7.90. The summed E-state index contributed by atoms with van der Waals surface area (Å²) in [7, 11) is 4.06. The van der Waals surface area contributed by atoms with Crippen molar-refractivity contribution in [2.45, 2.75) is 20.3 Å². The molecule has 2 heterocycles. The number of anilines is 1. The van der Waals surface area contributed by atoms with Crippen LogP contribution in [0.15, 0.2) is 33.4 Å².